The van der Waals surface area contributed by atoms with Crippen LogP contribution in [0.2, 0.25) is 0 Å². The normalized spacial score (nSPS) is 11.2. The molecule has 77 valence electrons. The Morgan fingerprint density at radius 1 is 1.07 bits per heavy atom. The lowest BCUT2D eigenvalue weighted by molar-refractivity contribution is 0.276. The Kier molecular flexibility index (Phi) is 4.63. The first kappa shape index (κ1) is 11.2. The third-order valence-electron chi connectivity index (χ3n) is 2.17. The van der Waals surface area contributed by atoms with Crippen molar-refractivity contribution in [2.75, 3.05) is 34.2 Å². The van der Waals surface area contributed by atoms with Crippen LogP contribution in [0.1, 0.15) is 5.56 Å². The smallest absolute Gasteiger partial charge is 0.0231 e. The maximum absolute atomic E-state index is 3.03. The summed E-state index contributed by atoms with van der Waals surface area (Å²) in [5.74, 6) is 0. The number of nitrogens with zero attached hydrogens (tertiary/aromatic N) is 2. The lowest BCUT2D eigenvalue weighted by Crippen LogP contribution is -2.28. The van der Waals surface area contributed by atoms with Crippen LogP contribution in [0, 0.1) is 6.07 Å². The third kappa shape index (κ3) is 4.40. The fourth-order valence-corrected chi connectivity index (χ4v) is 1.29. The first-order valence-corrected chi connectivity index (χ1v) is 4.97. The van der Waals surface area contributed by atoms with E-state index in [-0.39, 0.29) is 0 Å². The van der Waals surface area contributed by atoms with E-state index in [4.69, 9.17) is 0 Å². The fraction of sp³-hybridized carbons (Fsp3) is 0.500. The molecule has 0 heterocycles. The molecule has 14 heavy (non-hydrogen) atoms. The summed E-state index contributed by atoms with van der Waals surface area (Å²) in [5.41, 5.74) is 1.35. The van der Waals surface area contributed by atoms with Gasteiger partial charge in [0.1, 0.15) is 0 Å². The molecule has 1 aromatic rings. The molecule has 1 radical (unpaired) electrons. The van der Waals surface area contributed by atoms with Crippen LogP contribution < -0.4 is 0 Å². The van der Waals surface area contributed by atoms with Crippen molar-refractivity contribution in [2.24, 2.45) is 0 Å². The molecule has 0 N–H and O–H groups in total. The van der Waals surface area contributed by atoms with E-state index in [0.29, 0.717) is 0 Å². The van der Waals surface area contributed by atoms with Crippen molar-refractivity contribution in [3.8, 4) is 0 Å². The average Bonchev–Trinajstić information content (AvgIpc) is 2.16. The number of hydrogen-bond acceptors (Lipinski definition) is 2. The van der Waals surface area contributed by atoms with Gasteiger partial charge >= 0.3 is 0 Å². The highest BCUT2D eigenvalue weighted by Crippen LogP contribution is 2.01. The summed E-state index contributed by atoms with van der Waals surface area (Å²) in [7, 11) is 6.36. The van der Waals surface area contributed by atoms with Crippen molar-refractivity contribution in [1.29, 1.82) is 0 Å². The molecule has 0 saturated carbocycles. The quantitative estimate of drug-likeness (QED) is 0.695. The Labute approximate surface area is 87.1 Å². The van der Waals surface area contributed by atoms with Gasteiger partial charge in [0, 0.05) is 19.6 Å². The average molecular weight is 191 g/mol. The molecule has 1 aromatic carbocycles. The molecule has 1 rings (SSSR count). The van der Waals surface area contributed by atoms with Gasteiger partial charge in [-0.3, -0.25) is 0 Å². The van der Waals surface area contributed by atoms with E-state index in [0.717, 1.165) is 19.6 Å². The molecular weight excluding hydrogens is 172 g/mol. The van der Waals surface area contributed by atoms with Crippen LogP contribution in [0.4, 0.5) is 0 Å². The predicted octanol–water partition coefficient (Wildman–Crippen LogP) is 1.48. The third-order valence-corrected chi connectivity index (χ3v) is 2.17. The Morgan fingerprint density at radius 2 is 1.71 bits per heavy atom. The zero-order chi connectivity index (χ0) is 10.4. The van der Waals surface area contributed by atoms with Gasteiger partial charge in [0.2, 0.25) is 0 Å². The summed E-state index contributed by atoms with van der Waals surface area (Å²) < 4.78 is 0. The van der Waals surface area contributed by atoms with Crippen molar-refractivity contribution in [3.63, 3.8) is 0 Å². The van der Waals surface area contributed by atoms with Crippen LogP contribution in [-0.4, -0.2) is 44.0 Å². The molecular formula is C12H19N2. The Bertz CT molecular complexity index is 244. The Morgan fingerprint density at radius 3 is 2.29 bits per heavy atom. The van der Waals surface area contributed by atoms with Gasteiger partial charge in [-0.2, -0.15) is 0 Å². The molecule has 2 heteroatoms. The minimum Gasteiger partial charge on any atom is -0.308 e. The highest BCUT2D eigenvalue weighted by Gasteiger charge is 1.99. The molecule has 0 bridgehead atoms. The van der Waals surface area contributed by atoms with Crippen molar-refractivity contribution in [1.82, 2.24) is 9.80 Å². The molecule has 0 aliphatic carbocycles. The minimum atomic E-state index is 1.02. The fourth-order valence-electron chi connectivity index (χ4n) is 1.29. The van der Waals surface area contributed by atoms with Gasteiger partial charge < -0.3 is 9.80 Å². The van der Waals surface area contributed by atoms with Gasteiger partial charge in [0.25, 0.3) is 0 Å². The zero-order valence-corrected chi connectivity index (χ0v) is 9.33. The van der Waals surface area contributed by atoms with Gasteiger partial charge in [-0.15, -0.1) is 0 Å². The van der Waals surface area contributed by atoms with Crippen molar-refractivity contribution in [3.05, 3.63) is 35.9 Å². The van der Waals surface area contributed by atoms with E-state index in [1.807, 2.05) is 12.1 Å². The molecule has 0 unspecified atom stereocenters. The summed E-state index contributed by atoms with van der Waals surface area (Å²) >= 11 is 0. The second-order valence-corrected chi connectivity index (χ2v) is 3.95. The molecule has 0 aliphatic rings. The predicted molar refractivity (Wildman–Crippen MR) is 60.2 cm³/mol. The molecule has 0 saturated heterocycles. The van der Waals surface area contributed by atoms with Crippen LogP contribution in [-0.2, 0) is 6.54 Å². The van der Waals surface area contributed by atoms with Crippen LogP contribution in [0.25, 0.3) is 0 Å². The first-order chi connectivity index (χ1) is 6.68. The first-order valence-electron chi connectivity index (χ1n) is 4.97. The minimum absolute atomic E-state index is 1.02. The SMILES string of the molecule is CN(C)CCN(C)Cc1cc[c]cc1. The second-order valence-electron chi connectivity index (χ2n) is 3.95. The van der Waals surface area contributed by atoms with Crippen molar-refractivity contribution < 1.29 is 0 Å². The lowest BCUT2D eigenvalue weighted by Gasteiger charge is -2.19. The molecule has 0 aromatic heterocycles. The standard InChI is InChI=1S/C12H19N2/c1-13(2)9-10-14(3)11-12-7-5-4-6-8-12/h5-8H,9-11H2,1-3H3. The summed E-state index contributed by atoms with van der Waals surface area (Å²) in [6, 6.07) is 11.2. The van der Waals surface area contributed by atoms with Crippen molar-refractivity contribution in [2.45, 2.75) is 6.54 Å². The van der Waals surface area contributed by atoms with Gasteiger partial charge in [-0.1, -0.05) is 24.3 Å². The largest absolute Gasteiger partial charge is 0.308 e. The van der Waals surface area contributed by atoms with E-state index in [9.17, 15) is 0 Å². The van der Waals surface area contributed by atoms with Crippen LogP contribution in [0.15, 0.2) is 24.3 Å². The lowest BCUT2D eigenvalue weighted by atomic mass is 10.2. The number of likely N-dealkylation sites (N-methyl/N-ethyl adjacent to an activating group) is 2. The van der Waals surface area contributed by atoms with E-state index in [1.165, 1.54) is 5.56 Å². The second kappa shape index (κ2) is 5.78. The Balaban J connectivity index is 2.30. The number of benzene rings is 1. The van der Waals surface area contributed by atoms with E-state index >= 15 is 0 Å². The van der Waals surface area contributed by atoms with E-state index in [1.54, 1.807) is 0 Å². The highest BCUT2D eigenvalue weighted by atomic mass is 15.1. The summed E-state index contributed by atoms with van der Waals surface area (Å²) in [4.78, 5) is 4.53. The molecule has 0 aliphatic heterocycles. The highest BCUT2D eigenvalue weighted by molar-refractivity contribution is 5.13. The Hall–Kier alpha value is -0.860. The molecule has 2 nitrogen and oxygen atoms in total. The maximum Gasteiger partial charge on any atom is 0.0231 e. The van der Waals surface area contributed by atoms with Crippen LogP contribution >= 0.6 is 0 Å². The van der Waals surface area contributed by atoms with E-state index in [2.05, 4.69) is 49.1 Å². The maximum atomic E-state index is 3.03. The van der Waals surface area contributed by atoms with Crippen molar-refractivity contribution >= 4 is 0 Å². The summed E-state index contributed by atoms with van der Waals surface area (Å²) in [6.45, 7) is 3.23. The number of hydrogen-bond donors (Lipinski definition) is 0. The molecule has 0 fully saturated rings. The topological polar surface area (TPSA) is 6.48 Å². The number of rotatable bonds is 5. The van der Waals surface area contributed by atoms with Gasteiger partial charge in [-0.25, -0.2) is 0 Å². The molecule has 0 atom stereocenters. The van der Waals surface area contributed by atoms with E-state index < -0.39 is 0 Å². The molecule has 0 spiro atoms. The monoisotopic (exact) mass is 191 g/mol. The summed E-state index contributed by atoms with van der Waals surface area (Å²) in [5, 5.41) is 0. The van der Waals surface area contributed by atoms with Gasteiger partial charge in [0.15, 0.2) is 0 Å². The van der Waals surface area contributed by atoms with Gasteiger partial charge in [-0.05, 0) is 32.8 Å². The summed E-state index contributed by atoms with van der Waals surface area (Å²) in [6.07, 6.45) is 0. The van der Waals surface area contributed by atoms with Crippen LogP contribution in [0.5, 0.6) is 0 Å². The zero-order valence-electron chi connectivity index (χ0n) is 9.33. The molecule has 0 amide bonds. The van der Waals surface area contributed by atoms with Gasteiger partial charge in [0.05, 0.1) is 0 Å². The van der Waals surface area contributed by atoms with Crippen LogP contribution in [0.3, 0.4) is 0 Å².